The number of methoxy groups -OCH3 is 1. The lowest BCUT2D eigenvalue weighted by Gasteiger charge is -2.32. The molecule has 0 saturated carbocycles. The van der Waals surface area contributed by atoms with Gasteiger partial charge in [0.25, 0.3) is 0 Å². The first-order valence-electron chi connectivity index (χ1n) is 7.13. The Morgan fingerprint density at radius 2 is 1.70 bits per heavy atom. The van der Waals surface area contributed by atoms with Crippen LogP contribution in [0.5, 0.6) is 5.75 Å². The van der Waals surface area contributed by atoms with Crippen molar-refractivity contribution in [3.63, 3.8) is 0 Å². The highest BCUT2D eigenvalue weighted by Gasteiger charge is 2.33. The maximum atomic E-state index is 6.74. The summed E-state index contributed by atoms with van der Waals surface area (Å²) in [5.74, 6) is 1.04. The van der Waals surface area contributed by atoms with E-state index >= 15 is 0 Å². The Bertz CT molecular complexity index is 497. The molecule has 1 rings (SSSR count). The number of ether oxygens (including phenoxy) is 1. The molecular formula is C16H28ClOSi2. The fraction of sp³-hybridized carbons (Fsp3) is 0.625. The highest BCUT2D eigenvalue weighted by atomic mass is 35.6. The van der Waals surface area contributed by atoms with Gasteiger partial charge in [-0.1, -0.05) is 63.8 Å². The Kier molecular flexibility index (Phi) is 5.21. The molecule has 0 N–H and O–H groups in total. The molecule has 0 aliphatic carbocycles. The van der Waals surface area contributed by atoms with Crippen LogP contribution in [0.15, 0.2) is 6.07 Å². The quantitative estimate of drug-likeness (QED) is 0.604. The van der Waals surface area contributed by atoms with E-state index in [2.05, 4.69) is 59.9 Å². The standard InChI is InChI=1S/C16H28ClOSi2/c1-11-10-12(20(8,9)17)14(18-5)13(16(2,3)4)15(11)19(6)7/h10H,1-9H3. The Morgan fingerprint density at radius 1 is 1.20 bits per heavy atom. The molecule has 113 valence electrons. The van der Waals surface area contributed by atoms with E-state index in [9.17, 15) is 0 Å². The highest BCUT2D eigenvalue weighted by Crippen LogP contribution is 2.32. The molecule has 1 nitrogen and oxygen atoms in total. The zero-order chi connectivity index (χ0) is 15.9. The molecule has 0 aliphatic heterocycles. The zero-order valence-corrected chi connectivity index (χ0v) is 17.1. The first-order chi connectivity index (χ1) is 8.91. The summed E-state index contributed by atoms with van der Waals surface area (Å²) < 4.78 is 5.84. The minimum Gasteiger partial charge on any atom is -0.497 e. The Labute approximate surface area is 132 Å². The van der Waals surface area contributed by atoms with Gasteiger partial charge in [-0.25, -0.2) is 0 Å². The number of hydrogen-bond donors (Lipinski definition) is 0. The summed E-state index contributed by atoms with van der Waals surface area (Å²) in [6.07, 6.45) is 0. The summed E-state index contributed by atoms with van der Waals surface area (Å²) in [4.78, 5) is 0. The normalized spacial score (nSPS) is 12.9. The summed E-state index contributed by atoms with van der Waals surface area (Å²) in [5.41, 5.74) is 2.82. The van der Waals surface area contributed by atoms with Crippen LogP contribution in [0.3, 0.4) is 0 Å². The lowest BCUT2D eigenvalue weighted by molar-refractivity contribution is 0.401. The average molecular weight is 328 g/mol. The predicted molar refractivity (Wildman–Crippen MR) is 96.5 cm³/mol. The number of halogens is 1. The van der Waals surface area contributed by atoms with E-state index in [1.807, 2.05) is 0 Å². The maximum Gasteiger partial charge on any atom is 0.185 e. The molecule has 0 unspecified atom stereocenters. The number of aryl methyl sites for hydroxylation is 1. The molecular weight excluding hydrogens is 300 g/mol. The summed E-state index contributed by atoms with van der Waals surface area (Å²) in [7, 11) is -0.715. The lowest BCUT2D eigenvalue weighted by atomic mass is 9.85. The summed E-state index contributed by atoms with van der Waals surface area (Å²) in [6, 6.07) is 2.28. The van der Waals surface area contributed by atoms with Crippen LogP contribution in [-0.2, 0) is 5.41 Å². The predicted octanol–water partition coefficient (Wildman–Crippen LogP) is 3.91. The number of hydrogen-bond acceptors (Lipinski definition) is 1. The molecule has 0 amide bonds. The molecule has 1 radical (unpaired) electrons. The van der Waals surface area contributed by atoms with E-state index in [-0.39, 0.29) is 5.41 Å². The van der Waals surface area contributed by atoms with Crippen molar-refractivity contribution in [2.24, 2.45) is 0 Å². The summed E-state index contributed by atoms with van der Waals surface area (Å²) in [6.45, 7) is 18.1. The Balaban J connectivity index is 3.87. The van der Waals surface area contributed by atoms with E-state index in [1.165, 1.54) is 21.5 Å². The van der Waals surface area contributed by atoms with Crippen molar-refractivity contribution in [2.45, 2.75) is 59.3 Å². The van der Waals surface area contributed by atoms with Crippen molar-refractivity contribution in [1.29, 1.82) is 0 Å². The second kappa shape index (κ2) is 5.86. The van der Waals surface area contributed by atoms with Crippen LogP contribution in [0.2, 0.25) is 26.2 Å². The van der Waals surface area contributed by atoms with Crippen LogP contribution >= 0.6 is 11.1 Å². The van der Waals surface area contributed by atoms with Crippen LogP contribution in [0.25, 0.3) is 0 Å². The van der Waals surface area contributed by atoms with Crippen LogP contribution in [0.1, 0.15) is 31.9 Å². The molecule has 20 heavy (non-hydrogen) atoms. The molecule has 0 atom stereocenters. The molecule has 4 heteroatoms. The van der Waals surface area contributed by atoms with Gasteiger partial charge in [-0.2, -0.15) is 11.1 Å². The Morgan fingerprint density at radius 3 is 2.00 bits per heavy atom. The SMILES string of the molecule is COc1c([Si](C)(C)Cl)cc(C)c([Si](C)C)c1C(C)(C)C. The third-order valence-electron chi connectivity index (χ3n) is 3.57. The van der Waals surface area contributed by atoms with E-state index in [1.54, 1.807) is 7.11 Å². The minimum absolute atomic E-state index is 0.0694. The molecule has 1 aromatic rings. The minimum atomic E-state index is -1.94. The van der Waals surface area contributed by atoms with Crippen LogP contribution in [-0.4, -0.2) is 23.3 Å². The molecule has 0 aromatic heterocycles. The Hall–Kier alpha value is -0.256. The molecule has 0 bridgehead atoms. The molecule has 0 spiro atoms. The van der Waals surface area contributed by atoms with Crippen molar-refractivity contribution in [3.05, 3.63) is 17.2 Å². The van der Waals surface area contributed by atoms with E-state index in [0.717, 1.165) is 5.75 Å². The van der Waals surface area contributed by atoms with Gasteiger partial charge in [-0.3, -0.25) is 0 Å². The summed E-state index contributed by atoms with van der Waals surface area (Å²) in [5, 5.41) is 2.74. The molecule has 0 heterocycles. The van der Waals surface area contributed by atoms with Gasteiger partial charge < -0.3 is 4.74 Å². The molecule has 0 aliphatic rings. The smallest absolute Gasteiger partial charge is 0.185 e. The van der Waals surface area contributed by atoms with Crippen molar-refractivity contribution in [1.82, 2.24) is 0 Å². The number of benzene rings is 1. The largest absolute Gasteiger partial charge is 0.497 e. The molecule has 0 saturated heterocycles. The van der Waals surface area contributed by atoms with Gasteiger partial charge in [0, 0.05) is 0 Å². The van der Waals surface area contributed by atoms with Gasteiger partial charge in [0.2, 0.25) is 0 Å². The van der Waals surface area contributed by atoms with Gasteiger partial charge >= 0.3 is 0 Å². The van der Waals surface area contributed by atoms with Crippen LogP contribution < -0.4 is 15.1 Å². The van der Waals surface area contributed by atoms with Gasteiger partial charge in [0.05, 0.1) is 15.9 Å². The van der Waals surface area contributed by atoms with Gasteiger partial charge in [0.1, 0.15) is 5.75 Å². The lowest BCUT2D eigenvalue weighted by Crippen LogP contribution is -2.43. The van der Waals surface area contributed by atoms with Crippen LogP contribution in [0, 0.1) is 6.92 Å². The second-order valence-corrected chi connectivity index (χ2v) is 16.1. The fourth-order valence-electron chi connectivity index (χ4n) is 2.81. The van der Waals surface area contributed by atoms with E-state index in [0.29, 0.717) is 0 Å². The molecule has 1 aromatic carbocycles. The van der Waals surface area contributed by atoms with Gasteiger partial charge in [0.15, 0.2) is 7.38 Å². The van der Waals surface area contributed by atoms with Gasteiger partial charge in [-0.15, -0.1) is 0 Å². The average Bonchev–Trinajstić information content (AvgIpc) is 2.24. The molecule has 0 fully saturated rings. The first-order valence-corrected chi connectivity index (χ1v) is 13.6. The van der Waals surface area contributed by atoms with Crippen molar-refractivity contribution in [2.75, 3.05) is 7.11 Å². The highest BCUT2D eigenvalue weighted by molar-refractivity contribution is 7.26. The van der Waals surface area contributed by atoms with Gasteiger partial charge in [-0.05, 0) is 23.1 Å². The summed E-state index contributed by atoms with van der Waals surface area (Å²) >= 11 is 6.74. The van der Waals surface area contributed by atoms with E-state index in [4.69, 9.17) is 15.8 Å². The van der Waals surface area contributed by atoms with Crippen molar-refractivity contribution in [3.8, 4) is 5.75 Å². The van der Waals surface area contributed by atoms with Crippen molar-refractivity contribution >= 4 is 37.6 Å². The number of rotatable bonds is 3. The third kappa shape index (κ3) is 3.49. The maximum absolute atomic E-state index is 6.74. The fourth-order valence-corrected chi connectivity index (χ4v) is 6.41. The zero-order valence-electron chi connectivity index (χ0n) is 14.4. The van der Waals surface area contributed by atoms with Crippen LogP contribution in [0.4, 0.5) is 0 Å². The monoisotopic (exact) mass is 327 g/mol. The second-order valence-electron chi connectivity index (χ2n) is 7.25. The van der Waals surface area contributed by atoms with Crippen molar-refractivity contribution < 1.29 is 4.74 Å². The third-order valence-corrected chi connectivity index (χ3v) is 7.48. The van der Waals surface area contributed by atoms with E-state index < -0.39 is 16.2 Å². The first kappa shape index (κ1) is 17.8. The topological polar surface area (TPSA) is 9.23 Å².